The molecule has 1 N–H and O–H groups in total. The summed E-state index contributed by atoms with van der Waals surface area (Å²) in [5, 5.41) is 3.98. The van der Waals surface area contributed by atoms with Gasteiger partial charge in [0.2, 0.25) is 0 Å². The van der Waals surface area contributed by atoms with Crippen molar-refractivity contribution >= 4 is 39.5 Å². The van der Waals surface area contributed by atoms with E-state index in [2.05, 4.69) is 43.3 Å². The van der Waals surface area contributed by atoms with Crippen LogP contribution in [0, 0.1) is 13.8 Å². The van der Waals surface area contributed by atoms with Crippen LogP contribution in [-0.2, 0) is 12.6 Å². The van der Waals surface area contributed by atoms with Gasteiger partial charge in [0.15, 0.2) is 5.69 Å². The van der Waals surface area contributed by atoms with E-state index in [9.17, 15) is 18.0 Å². The number of nitrogens with one attached hydrogen (secondary N) is 1. The largest absolute Gasteiger partial charge is 0.435 e. The van der Waals surface area contributed by atoms with Crippen molar-refractivity contribution in [3.8, 4) is 0 Å². The van der Waals surface area contributed by atoms with Crippen LogP contribution >= 0.6 is 11.3 Å². The van der Waals surface area contributed by atoms with E-state index >= 15 is 0 Å². The standard InChI is InChI=1S/C28H28F3N5OS/c1-18-9-10-22-23(32-18)7-4-8-24(22)36-15-13-35(14-16-36)12-11-20-5-3-6-21(17-20)34-27(37)25-26(28(29,30)31)33-19(2)38-25/h3-10,17H,11-16H2,1-2H3,(H,34,37). The van der Waals surface area contributed by atoms with Crippen LogP contribution in [0.2, 0.25) is 0 Å². The van der Waals surface area contributed by atoms with Crippen molar-refractivity contribution in [2.24, 2.45) is 0 Å². The molecule has 0 spiro atoms. The molecule has 0 radical (unpaired) electrons. The molecule has 0 unspecified atom stereocenters. The summed E-state index contributed by atoms with van der Waals surface area (Å²) in [5.41, 5.74) is 3.57. The van der Waals surface area contributed by atoms with Gasteiger partial charge >= 0.3 is 6.18 Å². The number of hydrogen-bond acceptors (Lipinski definition) is 6. The van der Waals surface area contributed by atoms with Crippen LogP contribution in [0.25, 0.3) is 10.9 Å². The number of aryl methyl sites for hydroxylation is 2. The number of halogens is 3. The van der Waals surface area contributed by atoms with Gasteiger partial charge < -0.3 is 10.2 Å². The van der Waals surface area contributed by atoms with Crippen molar-refractivity contribution in [3.05, 3.63) is 81.4 Å². The summed E-state index contributed by atoms with van der Waals surface area (Å²) in [4.78, 5) is 25.2. The molecule has 1 fully saturated rings. The zero-order valence-electron chi connectivity index (χ0n) is 21.2. The van der Waals surface area contributed by atoms with E-state index < -0.39 is 22.7 Å². The number of nitrogens with zero attached hydrogens (tertiary/aromatic N) is 4. The van der Waals surface area contributed by atoms with E-state index in [-0.39, 0.29) is 5.01 Å². The lowest BCUT2D eigenvalue weighted by atomic mass is 10.1. The molecule has 1 amide bonds. The Morgan fingerprint density at radius 1 is 1.00 bits per heavy atom. The summed E-state index contributed by atoms with van der Waals surface area (Å²) in [7, 11) is 0. The van der Waals surface area contributed by atoms with E-state index in [1.54, 1.807) is 6.07 Å². The predicted molar refractivity (Wildman–Crippen MR) is 145 cm³/mol. The number of alkyl halides is 3. The second-order valence-electron chi connectivity index (χ2n) is 9.44. The van der Waals surface area contributed by atoms with Gasteiger partial charge in [-0.2, -0.15) is 13.2 Å². The first kappa shape index (κ1) is 26.1. The molecule has 0 atom stereocenters. The van der Waals surface area contributed by atoms with Crippen LogP contribution < -0.4 is 10.2 Å². The second-order valence-corrected chi connectivity index (χ2v) is 10.6. The Kier molecular flexibility index (Phi) is 7.36. The number of fused-ring (bicyclic) bond motifs is 1. The van der Waals surface area contributed by atoms with Crippen molar-refractivity contribution < 1.29 is 18.0 Å². The van der Waals surface area contributed by atoms with Gasteiger partial charge in [0.25, 0.3) is 5.91 Å². The molecule has 0 saturated carbocycles. The van der Waals surface area contributed by atoms with Crippen molar-refractivity contribution in [1.82, 2.24) is 14.9 Å². The van der Waals surface area contributed by atoms with E-state index in [1.165, 1.54) is 18.0 Å². The number of rotatable bonds is 6. The van der Waals surface area contributed by atoms with Crippen LogP contribution in [-0.4, -0.2) is 53.5 Å². The molecule has 198 valence electrons. The van der Waals surface area contributed by atoms with Gasteiger partial charge in [-0.1, -0.05) is 18.2 Å². The van der Waals surface area contributed by atoms with Gasteiger partial charge in [-0.25, -0.2) is 4.98 Å². The number of pyridine rings is 1. The number of anilines is 2. The molecule has 3 heterocycles. The number of piperazine rings is 1. The van der Waals surface area contributed by atoms with Gasteiger partial charge in [0.05, 0.1) is 10.5 Å². The number of hydrogen-bond donors (Lipinski definition) is 1. The summed E-state index contributed by atoms with van der Waals surface area (Å²) in [6.45, 7) is 8.00. The predicted octanol–water partition coefficient (Wildman–Crippen LogP) is 5.94. The van der Waals surface area contributed by atoms with Crippen molar-refractivity contribution in [2.45, 2.75) is 26.4 Å². The molecule has 38 heavy (non-hydrogen) atoms. The summed E-state index contributed by atoms with van der Waals surface area (Å²) in [5.74, 6) is -0.796. The third kappa shape index (κ3) is 5.81. The zero-order chi connectivity index (χ0) is 26.9. The number of thiazole rings is 1. The molecule has 1 saturated heterocycles. The fraction of sp³-hybridized carbons (Fsp3) is 0.321. The third-order valence-corrected chi connectivity index (χ3v) is 7.64. The lowest BCUT2D eigenvalue weighted by Crippen LogP contribution is -2.47. The fourth-order valence-corrected chi connectivity index (χ4v) is 5.62. The maximum Gasteiger partial charge on any atom is 0.435 e. The Morgan fingerprint density at radius 3 is 2.53 bits per heavy atom. The third-order valence-electron chi connectivity index (χ3n) is 6.67. The lowest BCUT2D eigenvalue weighted by molar-refractivity contribution is -0.141. The van der Waals surface area contributed by atoms with E-state index in [0.717, 1.165) is 67.3 Å². The molecule has 0 bridgehead atoms. The molecule has 6 nitrogen and oxygen atoms in total. The minimum Gasteiger partial charge on any atom is -0.368 e. The molecule has 1 aliphatic rings. The Morgan fingerprint density at radius 2 is 1.76 bits per heavy atom. The smallest absolute Gasteiger partial charge is 0.368 e. The Balaban J connectivity index is 1.17. The van der Waals surface area contributed by atoms with Crippen LogP contribution in [0.5, 0.6) is 0 Å². The number of carbonyl (C=O) groups is 1. The number of benzene rings is 2. The molecule has 2 aromatic carbocycles. The summed E-state index contributed by atoms with van der Waals surface area (Å²) >= 11 is 0.744. The van der Waals surface area contributed by atoms with Crippen LogP contribution in [0.4, 0.5) is 24.5 Å². The van der Waals surface area contributed by atoms with Gasteiger partial charge in [-0.3, -0.25) is 14.7 Å². The van der Waals surface area contributed by atoms with Crippen molar-refractivity contribution in [3.63, 3.8) is 0 Å². The average Bonchev–Trinajstić information content (AvgIpc) is 3.30. The molecule has 5 rings (SSSR count). The quantitative estimate of drug-likeness (QED) is 0.329. The maximum atomic E-state index is 13.3. The molecule has 0 aliphatic carbocycles. The molecule has 2 aromatic heterocycles. The number of amides is 1. The molecule has 1 aliphatic heterocycles. The highest BCUT2D eigenvalue weighted by atomic mass is 32.1. The van der Waals surface area contributed by atoms with Crippen LogP contribution in [0.3, 0.4) is 0 Å². The summed E-state index contributed by atoms with van der Waals surface area (Å²) in [6, 6.07) is 17.7. The molecule has 10 heteroatoms. The van der Waals surface area contributed by atoms with Crippen molar-refractivity contribution in [2.75, 3.05) is 42.9 Å². The topological polar surface area (TPSA) is 61.4 Å². The molecular weight excluding hydrogens is 511 g/mol. The van der Waals surface area contributed by atoms with E-state index in [0.29, 0.717) is 5.69 Å². The van der Waals surface area contributed by atoms with E-state index in [1.807, 2.05) is 37.3 Å². The normalized spacial score (nSPS) is 14.7. The Hall–Kier alpha value is -3.50. The zero-order valence-corrected chi connectivity index (χ0v) is 22.0. The Bertz CT molecular complexity index is 1460. The first-order valence-electron chi connectivity index (χ1n) is 12.5. The lowest BCUT2D eigenvalue weighted by Gasteiger charge is -2.36. The maximum absolute atomic E-state index is 13.3. The first-order valence-corrected chi connectivity index (χ1v) is 13.3. The molecule has 4 aromatic rings. The van der Waals surface area contributed by atoms with Crippen LogP contribution in [0.1, 0.15) is 31.6 Å². The SMILES string of the molecule is Cc1ccc2c(N3CCN(CCc4cccc(NC(=O)c5sc(C)nc5C(F)(F)F)c4)CC3)cccc2n1. The molecular formula is C28H28F3N5OS. The van der Waals surface area contributed by atoms with Gasteiger partial charge in [0, 0.05) is 55.2 Å². The number of carbonyl (C=O) groups excluding carboxylic acids is 1. The van der Waals surface area contributed by atoms with Crippen molar-refractivity contribution in [1.29, 1.82) is 0 Å². The highest BCUT2D eigenvalue weighted by molar-refractivity contribution is 7.13. The highest BCUT2D eigenvalue weighted by Gasteiger charge is 2.39. The number of aromatic nitrogens is 2. The Labute approximate surface area is 223 Å². The average molecular weight is 540 g/mol. The van der Waals surface area contributed by atoms with Gasteiger partial charge in [-0.15, -0.1) is 11.3 Å². The minimum absolute atomic E-state index is 0.198. The highest BCUT2D eigenvalue weighted by Crippen LogP contribution is 2.34. The second kappa shape index (κ2) is 10.7. The minimum atomic E-state index is -4.67. The summed E-state index contributed by atoms with van der Waals surface area (Å²) < 4.78 is 39.8. The van der Waals surface area contributed by atoms with Gasteiger partial charge in [0.1, 0.15) is 4.88 Å². The van der Waals surface area contributed by atoms with Crippen LogP contribution in [0.15, 0.2) is 54.6 Å². The summed E-state index contributed by atoms with van der Waals surface area (Å²) in [6.07, 6.45) is -3.90. The van der Waals surface area contributed by atoms with E-state index in [4.69, 9.17) is 0 Å². The first-order chi connectivity index (χ1) is 18.2. The fourth-order valence-electron chi connectivity index (χ4n) is 4.78. The monoisotopic (exact) mass is 539 g/mol. The van der Waals surface area contributed by atoms with Gasteiger partial charge in [-0.05, 0) is 62.2 Å².